The van der Waals surface area contributed by atoms with Crippen LogP contribution in [0, 0.1) is 10.1 Å². The number of nitrogens with zero attached hydrogens (tertiary/aromatic N) is 2. The average molecular weight is 416 g/mol. The number of non-ortho nitro benzene ring substituents is 1. The van der Waals surface area contributed by atoms with Crippen molar-refractivity contribution < 1.29 is 4.92 Å². The fourth-order valence-corrected chi connectivity index (χ4v) is 4.30. The molecule has 0 amide bonds. The van der Waals surface area contributed by atoms with Gasteiger partial charge in [0.25, 0.3) is 5.69 Å². The van der Waals surface area contributed by atoms with Gasteiger partial charge in [-0.3, -0.25) is 10.1 Å². The van der Waals surface area contributed by atoms with E-state index in [2.05, 4.69) is 26.1 Å². The van der Waals surface area contributed by atoms with Crippen LogP contribution in [0.1, 0.15) is 42.5 Å². The van der Waals surface area contributed by atoms with Crippen LogP contribution in [0.3, 0.4) is 0 Å². The third-order valence-corrected chi connectivity index (χ3v) is 5.66. The minimum Gasteiger partial charge on any atom is -0.357 e. The van der Waals surface area contributed by atoms with Gasteiger partial charge in [0, 0.05) is 40.4 Å². The van der Waals surface area contributed by atoms with Crippen molar-refractivity contribution in [3.05, 3.63) is 85.4 Å². The smallest absolute Gasteiger partial charge is 0.269 e. The highest BCUT2D eigenvalue weighted by Gasteiger charge is 2.24. The number of nitrogens with one attached hydrogen (secondary N) is 1. The van der Waals surface area contributed by atoms with E-state index >= 15 is 0 Å². The van der Waals surface area contributed by atoms with Gasteiger partial charge in [-0.2, -0.15) is 0 Å². The number of halogens is 1. The Morgan fingerprint density at radius 3 is 2.61 bits per heavy atom. The molecule has 0 saturated heterocycles. The van der Waals surface area contributed by atoms with Gasteiger partial charge >= 0.3 is 0 Å². The van der Waals surface area contributed by atoms with Crippen molar-refractivity contribution in [3.63, 3.8) is 0 Å². The summed E-state index contributed by atoms with van der Waals surface area (Å²) in [4.78, 5) is 16.5. The van der Waals surface area contributed by atoms with Gasteiger partial charge in [-0.1, -0.05) is 62.7 Å². The summed E-state index contributed by atoms with van der Waals surface area (Å²) < 4.78 is 0. The first-order chi connectivity index (χ1) is 13.2. The Morgan fingerprint density at radius 1 is 1.18 bits per heavy atom. The molecule has 7 heteroatoms. The zero-order valence-electron chi connectivity index (χ0n) is 16.0. The molecule has 0 saturated carbocycles. The van der Waals surface area contributed by atoms with Gasteiger partial charge in [0.1, 0.15) is 0 Å². The fourth-order valence-electron chi connectivity index (χ4n) is 2.91. The molecular formula is C21H22ClN3O2S. The van der Waals surface area contributed by atoms with Gasteiger partial charge in [0.15, 0.2) is 5.13 Å². The molecule has 0 fully saturated rings. The van der Waals surface area contributed by atoms with Crippen molar-refractivity contribution in [2.75, 3.05) is 5.32 Å². The molecule has 2 aromatic carbocycles. The van der Waals surface area contributed by atoms with Crippen molar-refractivity contribution in [1.82, 2.24) is 4.98 Å². The number of anilines is 1. The molecule has 0 aliphatic rings. The van der Waals surface area contributed by atoms with E-state index in [9.17, 15) is 10.1 Å². The lowest BCUT2D eigenvalue weighted by atomic mass is 9.90. The number of thiazole rings is 1. The highest BCUT2D eigenvalue weighted by Crippen LogP contribution is 2.35. The molecule has 146 valence electrons. The van der Waals surface area contributed by atoms with Crippen molar-refractivity contribution in [1.29, 1.82) is 0 Å². The highest BCUT2D eigenvalue weighted by atomic mass is 35.5. The third kappa shape index (κ3) is 4.88. The Bertz CT molecular complexity index is 995. The summed E-state index contributed by atoms with van der Waals surface area (Å²) in [6, 6.07) is 14.5. The zero-order chi connectivity index (χ0) is 20.3. The molecular weight excluding hydrogens is 394 g/mol. The first-order valence-corrected chi connectivity index (χ1v) is 10.1. The van der Waals surface area contributed by atoms with Crippen LogP contribution in [-0.2, 0) is 18.4 Å². The van der Waals surface area contributed by atoms with Crippen LogP contribution < -0.4 is 5.32 Å². The molecule has 1 N–H and O–H groups in total. The van der Waals surface area contributed by atoms with Gasteiger partial charge in [-0.05, 0) is 17.2 Å². The number of benzene rings is 2. The van der Waals surface area contributed by atoms with Crippen molar-refractivity contribution in [3.8, 4) is 0 Å². The molecule has 0 aliphatic heterocycles. The molecule has 3 aromatic rings. The van der Waals surface area contributed by atoms with Gasteiger partial charge in [-0.25, -0.2) is 4.98 Å². The van der Waals surface area contributed by atoms with Crippen LogP contribution in [-0.4, -0.2) is 9.91 Å². The van der Waals surface area contributed by atoms with Crippen LogP contribution in [0.2, 0.25) is 5.02 Å². The van der Waals surface area contributed by atoms with Gasteiger partial charge in [0.05, 0.1) is 10.6 Å². The zero-order valence-corrected chi connectivity index (χ0v) is 17.6. The standard InChI is InChI=1S/C21H22ClN3O2S/c1-21(2,3)19-18(12-15-8-4-5-10-17(15)22)28-20(24-19)23-13-14-7-6-9-16(11-14)25(26)27/h4-11H,12-13H2,1-3H3,(H,23,24). The second-order valence-corrected chi connectivity index (χ2v) is 9.08. The molecule has 1 aromatic heterocycles. The molecule has 0 unspecified atom stereocenters. The molecule has 28 heavy (non-hydrogen) atoms. The molecule has 0 radical (unpaired) electrons. The fraction of sp³-hybridized carbons (Fsp3) is 0.286. The van der Waals surface area contributed by atoms with E-state index in [1.54, 1.807) is 23.5 Å². The molecule has 0 spiro atoms. The Kier molecular flexibility index (Phi) is 6.01. The molecule has 0 aliphatic carbocycles. The number of hydrogen-bond donors (Lipinski definition) is 1. The SMILES string of the molecule is CC(C)(C)c1nc(NCc2cccc([N+](=O)[O-])c2)sc1Cc1ccccc1Cl. The number of aromatic nitrogens is 1. The van der Waals surface area contributed by atoms with Crippen LogP contribution in [0.4, 0.5) is 10.8 Å². The van der Waals surface area contributed by atoms with Crippen molar-refractivity contribution in [2.24, 2.45) is 0 Å². The molecule has 5 nitrogen and oxygen atoms in total. The third-order valence-electron chi connectivity index (χ3n) is 4.28. The van der Waals surface area contributed by atoms with E-state index in [1.165, 1.54) is 10.9 Å². The van der Waals surface area contributed by atoms with E-state index in [0.717, 1.165) is 33.4 Å². The topological polar surface area (TPSA) is 68.1 Å². The van der Waals surface area contributed by atoms with Crippen LogP contribution in [0.25, 0.3) is 0 Å². The van der Waals surface area contributed by atoms with E-state index < -0.39 is 0 Å². The number of rotatable bonds is 6. The normalized spacial score (nSPS) is 11.4. The summed E-state index contributed by atoms with van der Waals surface area (Å²) in [5.41, 5.74) is 2.95. The maximum Gasteiger partial charge on any atom is 0.269 e. The predicted octanol–water partition coefficient (Wildman–Crippen LogP) is 6.21. The van der Waals surface area contributed by atoms with Crippen molar-refractivity contribution >= 4 is 33.8 Å². The van der Waals surface area contributed by atoms with Gasteiger partial charge in [0.2, 0.25) is 0 Å². The maximum atomic E-state index is 11.0. The van der Waals surface area contributed by atoms with Crippen molar-refractivity contribution in [2.45, 2.75) is 39.2 Å². The minimum absolute atomic E-state index is 0.0910. The average Bonchev–Trinajstić information content (AvgIpc) is 3.05. The molecule has 3 rings (SSSR count). The lowest BCUT2D eigenvalue weighted by Crippen LogP contribution is -2.14. The Hall–Kier alpha value is -2.44. The first kappa shape index (κ1) is 20.3. The highest BCUT2D eigenvalue weighted by molar-refractivity contribution is 7.15. The predicted molar refractivity (Wildman–Crippen MR) is 115 cm³/mol. The number of nitro benzene ring substituents is 1. The molecule has 0 bridgehead atoms. The largest absolute Gasteiger partial charge is 0.357 e. The van der Waals surface area contributed by atoms with Gasteiger partial charge < -0.3 is 5.32 Å². The van der Waals surface area contributed by atoms with E-state index in [4.69, 9.17) is 16.6 Å². The Morgan fingerprint density at radius 2 is 1.93 bits per heavy atom. The first-order valence-electron chi connectivity index (χ1n) is 8.95. The van der Waals surface area contributed by atoms with Crippen LogP contribution >= 0.6 is 22.9 Å². The van der Waals surface area contributed by atoms with Crippen LogP contribution in [0.5, 0.6) is 0 Å². The summed E-state index contributed by atoms with van der Waals surface area (Å²) in [5, 5.41) is 15.8. The summed E-state index contributed by atoms with van der Waals surface area (Å²) in [6.07, 6.45) is 0.725. The van der Waals surface area contributed by atoms with E-state index in [1.807, 2.05) is 30.3 Å². The Balaban J connectivity index is 1.82. The second-order valence-electron chi connectivity index (χ2n) is 7.59. The molecule has 0 atom stereocenters. The summed E-state index contributed by atoms with van der Waals surface area (Å²) >= 11 is 7.95. The monoisotopic (exact) mass is 415 g/mol. The summed E-state index contributed by atoms with van der Waals surface area (Å²) in [6.45, 7) is 6.90. The maximum absolute atomic E-state index is 11.0. The number of hydrogen-bond acceptors (Lipinski definition) is 5. The van der Waals surface area contributed by atoms with E-state index in [0.29, 0.717) is 6.54 Å². The van der Waals surface area contributed by atoms with E-state index in [-0.39, 0.29) is 16.0 Å². The quantitative estimate of drug-likeness (QED) is 0.384. The number of nitro groups is 1. The van der Waals surface area contributed by atoms with Gasteiger partial charge in [-0.15, -0.1) is 11.3 Å². The summed E-state index contributed by atoms with van der Waals surface area (Å²) in [5.74, 6) is 0. The lowest BCUT2D eigenvalue weighted by Gasteiger charge is -2.17. The Labute approximate surface area is 173 Å². The molecule has 1 heterocycles. The lowest BCUT2D eigenvalue weighted by molar-refractivity contribution is -0.384. The van der Waals surface area contributed by atoms with Crippen LogP contribution in [0.15, 0.2) is 48.5 Å². The second kappa shape index (κ2) is 8.29. The summed E-state index contributed by atoms with van der Waals surface area (Å²) in [7, 11) is 0. The minimum atomic E-state index is -0.383.